The average Bonchev–Trinajstić information content (AvgIpc) is 2.72. The Morgan fingerprint density at radius 3 is 2.47 bits per heavy atom. The highest BCUT2D eigenvalue weighted by molar-refractivity contribution is 5.82. The fourth-order valence-corrected chi connectivity index (χ4v) is 2.88. The topological polar surface area (TPSA) is 66.8 Å². The summed E-state index contributed by atoms with van der Waals surface area (Å²) in [5, 5.41) is 9.20. The maximum Gasteiger partial charge on any atom is 0.411 e. The Morgan fingerprint density at radius 1 is 1.29 bits per heavy atom. The van der Waals surface area contributed by atoms with Crippen molar-refractivity contribution < 1.29 is 19.4 Å². The number of hydrogen-bond donors (Lipinski definition) is 1. The SMILES string of the molecule is CC(C)(C)OC(=O)N1[C@H]2CC[C@H](C2)[C@@H]1C(=O)O. The van der Waals surface area contributed by atoms with Crippen LogP contribution in [0.25, 0.3) is 0 Å². The Labute approximate surface area is 101 Å². The Morgan fingerprint density at radius 2 is 1.94 bits per heavy atom. The number of likely N-dealkylation sites (tertiary alicyclic amines) is 1. The zero-order valence-corrected chi connectivity index (χ0v) is 10.5. The molecule has 1 saturated heterocycles. The van der Waals surface area contributed by atoms with Crippen LogP contribution in [0, 0.1) is 5.92 Å². The van der Waals surface area contributed by atoms with E-state index in [9.17, 15) is 14.7 Å². The van der Waals surface area contributed by atoms with E-state index in [0.717, 1.165) is 19.3 Å². The summed E-state index contributed by atoms with van der Waals surface area (Å²) < 4.78 is 5.28. The van der Waals surface area contributed by atoms with E-state index in [1.807, 2.05) is 0 Å². The number of ether oxygens (including phenoxy) is 1. The third-order valence-corrected chi connectivity index (χ3v) is 3.44. The van der Waals surface area contributed by atoms with Crippen LogP contribution in [-0.4, -0.2) is 39.8 Å². The lowest BCUT2D eigenvalue weighted by atomic mass is 9.99. The van der Waals surface area contributed by atoms with Crippen LogP contribution in [0.1, 0.15) is 40.0 Å². The van der Waals surface area contributed by atoms with Crippen molar-refractivity contribution in [1.82, 2.24) is 4.90 Å². The fourth-order valence-electron chi connectivity index (χ4n) is 2.88. The molecule has 0 unspecified atom stereocenters. The second-order valence-electron chi connectivity index (χ2n) is 5.90. The summed E-state index contributed by atoms with van der Waals surface area (Å²) in [5.41, 5.74) is -0.581. The van der Waals surface area contributed by atoms with E-state index >= 15 is 0 Å². The predicted molar refractivity (Wildman–Crippen MR) is 60.6 cm³/mol. The Hall–Kier alpha value is -1.26. The van der Waals surface area contributed by atoms with Gasteiger partial charge in [-0.05, 0) is 46.0 Å². The highest BCUT2D eigenvalue weighted by Crippen LogP contribution is 2.43. The lowest BCUT2D eigenvalue weighted by Crippen LogP contribution is -2.50. The molecule has 0 aromatic heterocycles. The molecular formula is C12H19NO4. The second-order valence-corrected chi connectivity index (χ2v) is 5.90. The molecule has 5 nitrogen and oxygen atoms in total. The minimum Gasteiger partial charge on any atom is -0.480 e. The van der Waals surface area contributed by atoms with Crippen LogP contribution in [0.2, 0.25) is 0 Å². The second kappa shape index (κ2) is 3.89. The Kier molecular flexibility index (Phi) is 2.79. The monoisotopic (exact) mass is 241 g/mol. The number of carbonyl (C=O) groups is 2. The van der Waals surface area contributed by atoms with Gasteiger partial charge < -0.3 is 9.84 Å². The maximum atomic E-state index is 12.0. The number of fused-ring (bicyclic) bond motifs is 2. The average molecular weight is 241 g/mol. The standard InChI is InChI=1S/C12H19NO4/c1-12(2,3)17-11(16)13-8-5-4-7(6-8)9(13)10(14)15/h7-9H,4-6H2,1-3H3,(H,14,15)/t7-,8+,9-/m1/s1. The first kappa shape index (κ1) is 12.2. The zero-order valence-electron chi connectivity index (χ0n) is 10.5. The van der Waals surface area contributed by atoms with Crippen molar-refractivity contribution in [3.8, 4) is 0 Å². The van der Waals surface area contributed by atoms with Gasteiger partial charge in [0.15, 0.2) is 0 Å². The van der Waals surface area contributed by atoms with Crippen molar-refractivity contribution in [3.63, 3.8) is 0 Å². The third-order valence-electron chi connectivity index (χ3n) is 3.44. The number of carboxylic acid groups (broad SMARTS) is 1. The minimum absolute atomic E-state index is 0.0518. The van der Waals surface area contributed by atoms with Gasteiger partial charge >= 0.3 is 12.1 Å². The van der Waals surface area contributed by atoms with Crippen molar-refractivity contribution in [2.45, 2.75) is 57.7 Å². The van der Waals surface area contributed by atoms with Crippen LogP contribution >= 0.6 is 0 Å². The molecule has 2 bridgehead atoms. The molecule has 1 saturated carbocycles. The van der Waals surface area contributed by atoms with E-state index in [2.05, 4.69) is 0 Å². The van der Waals surface area contributed by atoms with Crippen LogP contribution in [0.15, 0.2) is 0 Å². The van der Waals surface area contributed by atoms with Crippen molar-refractivity contribution in [2.75, 3.05) is 0 Å². The van der Waals surface area contributed by atoms with E-state index < -0.39 is 23.7 Å². The van der Waals surface area contributed by atoms with Crippen molar-refractivity contribution in [1.29, 1.82) is 0 Å². The van der Waals surface area contributed by atoms with Gasteiger partial charge in [-0.15, -0.1) is 0 Å². The van der Waals surface area contributed by atoms with Crippen molar-refractivity contribution >= 4 is 12.1 Å². The molecule has 96 valence electrons. The molecule has 1 aliphatic heterocycles. The van der Waals surface area contributed by atoms with E-state index in [1.165, 1.54) is 4.90 Å². The van der Waals surface area contributed by atoms with Crippen LogP contribution in [-0.2, 0) is 9.53 Å². The van der Waals surface area contributed by atoms with Crippen LogP contribution in [0.5, 0.6) is 0 Å². The largest absolute Gasteiger partial charge is 0.480 e. The van der Waals surface area contributed by atoms with Crippen LogP contribution in [0.3, 0.4) is 0 Å². The summed E-state index contributed by atoms with van der Waals surface area (Å²) in [4.78, 5) is 24.7. The number of piperidine rings is 1. The summed E-state index contributed by atoms with van der Waals surface area (Å²) in [5.74, 6) is -0.812. The number of amides is 1. The minimum atomic E-state index is -0.914. The summed E-state index contributed by atoms with van der Waals surface area (Å²) in [6.45, 7) is 5.36. The van der Waals surface area contributed by atoms with Crippen LogP contribution in [0.4, 0.5) is 4.79 Å². The Balaban J connectivity index is 2.14. The van der Waals surface area contributed by atoms with Gasteiger partial charge in [-0.25, -0.2) is 9.59 Å². The number of carboxylic acids is 1. The highest BCUT2D eigenvalue weighted by Gasteiger charge is 2.52. The summed E-state index contributed by atoms with van der Waals surface area (Å²) in [6.07, 6.45) is 2.11. The number of hydrogen-bond acceptors (Lipinski definition) is 3. The molecule has 3 atom stereocenters. The molecule has 0 aromatic rings. The molecule has 0 radical (unpaired) electrons. The first-order chi connectivity index (χ1) is 7.79. The summed E-state index contributed by atoms with van der Waals surface area (Å²) in [7, 11) is 0. The van der Waals surface area contributed by atoms with Gasteiger partial charge in [-0.1, -0.05) is 0 Å². The summed E-state index contributed by atoms with van der Waals surface area (Å²) >= 11 is 0. The molecule has 1 amide bonds. The van der Waals surface area contributed by atoms with E-state index in [0.29, 0.717) is 0 Å². The van der Waals surface area contributed by atoms with E-state index in [1.54, 1.807) is 20.8 Å². The molecule has 0 aromatic carbocycles. The zero-order chi connectivity index (χ0) is 12.8. The number of nitrogens with zero attached hydrogens (tertiary/aromatic N) is 1. The van der Waals surface area contributed by atoms with Gasteiger partial charge in [-0.3, -0.25) is 4.90 Å². The van der Waals surface area contributed by atoms with Gasteiger partial charge in [-0.2, -0.15) is 0 Å². The summed E-state index contributed by atoms with van der Waals surface area (Å²) in [6, 6.07) is -0.639. The third kappa shape index (κ3) is 2.23. The lowest BCUT2D eigenvalue weighted by molar-refractivity contribution is -0.144. The van der Waals surface area contributed by atoms with Gasteiger partial charge in [0.2, 0.25) is 0 Å². The van der Waals surface area contributed by atoms with Crippen molar-refractivity contribution in [2.24, 2.45) is 5.92 Å². The molecule has 2 fully saturated rings. The Bertz CT molecular complexity index is 347. The van der Waals surface area contributed by atoms with Crippen molar-refractivity contribution in [3.05, 3.63) is 0 Å². The predicted octanol–water partition coefficient (Wildman–Crippen LogP) is 1.86. The molecule has 1 aliphatic carbocycles. The quantitative estimate of drug-likeness (QED) is 0.761. The fraction of sp³-hybridized carbons (Fsp3) is 0.833. The molecule has 1 heterocycles. The van der Waals surface area contributed by atoms with Gasteiger partial charge in [0, 0.05) is 6.04 Å². The van der Waals surface area contributed by atoms with Gasteiger partial charge in [0.25, 0.3) is 0 Å². The molecule has 17 heavy (non-hydrogen) atoms. The van der Waals surface area contributed by atoms with Gasteiger partial charge in [0.05, 0.1) is 0 Å². The maximum absolute atomic E-state index is 12.0. The molecule has 2 aliphatic rings. The molecule has 2 rings (SSSR count). The smallest absolute Gasteiger partial charge is 0.411 e. The molecular weight excluding hydrogens is 222 g/mol. The van der Waals surface area contributed by atoms with E-state index in [-0.39, 0.29) is 12.0 Å². The van der Waals surface area contributed by atoms with Crippen LogP contribution < -0.4 is 0 Å². The first-order valence-corrected chi connectivity index (χ1v) is 6.04. The number of aliphatic carboxylic acids is 1. The van der Waals surface area contributed by atoms with E-state index in [4.69, 9.17) is 4.74 Å². The van der Waals surface area contributed by atoms with Gasteiger partial charge in [0.1, 0.15) is 11.6 Å². The first-order valence-electron chi connectivity index (χ1n) is 6.04. The molecule has 0 spiro atoms. The lowest BCUT2D eigenvalue weighted by Gasteiger charge is -2.34. The number of rotatable bonds is 1. The molecule has 1 N–H and O–H groups in total. The molecule has 5 heteroatoms. The highest BCUT2D eigenvalue weighted by atomic mass is 16.6. The number of carbonyl (C=O) groups excluding carboxylic acids is 1. The normalized spacial score (nSPS) is 31.7.